The number of carbonyl (C=O) groups excluding carboxylic acids is 1. The maximum absolute atomic E-state index is 11.0. The number of nitrogen functional groups attached to an aromatic ring is 1. The Morgan fingerprint density at radius 2 is 2.13 bits per heavy atom. The Balaban J connectivity index is 2.34. The Morgan fingerprint density at radius 3 is 2.73 bits per heavy atom. The molecule has 4 nitrogen and oxygen atoms in total. The molecule has 0 aliphatic heterocycles. The summed E-state index contributed by atoms with van der Waals surface area (Å²) < 4.78 is 4.88. The molecule has 3 N–H and O–H groups in total. The Kier molecular flexibility index (Phi) is 4.05. The van der Waals surface area contributed by atoms with Gasteiger partial charge >= 0.3 is 6.09 Å². The third-order valence-electron chi connectivity index (χ3n) is 1.68. The average molecular weight is 204 g/mol. The summed E-state index contributed by atoms with van der Waals surface area (Å²) in [5.74, 6) is 2.28. The van der Waals surface area contributed by atoms with Crippen molar-refractivity contribution in [3.63, 3.8) is 0 Å². The number of rotatable bonds is 3. The van der Waals surface area contributed by atoms with Crippen LogP contribution in [0.25, 0.3) is 0 Å². The average Bonchev–Trinajstić information content (AvgIpc) is 2.25. The summed E-state index contributed by atoms with van der Waals surface area (Å²) in [6, 6.07) is 7.09. The van der Waals surface area contributed by atoms with Crippen LogP contribution in [0.1, 0.15) is 5.56 Å². The molecule has 1 aromatic rings. The van der Waals surface area contributed by atoms with Crippen molar-refractivity contribution in [2.24, 2.45) is 0 Å². The van der Waals surface area contributed by atoms with E-state index in [4.69, 9.17) is 16.9 Å². The van der Waals surface area contributed by atoms with Gasteiger partial charge in [-0.25, -0.2) is 4.79 Å². The Bertz CT molecular complexity index is 365. The van der Waals surface area contributed by atoms with Crippen molar-refractivity contribution in [1.82, 2.24) is 5.32 Å². The number of ether oxygens (including phenoxy) is 1. The van der Waals surface area contributed by atoms with Crippen LogP contribution < -0.4 is 11.1 Å². The summed E-state index contributed by atoms with van der Waals surface area (Å²) in [5, 5.41) is 2.39. The van der Waals surface area contributed by atoms with Crippen LogP contribution in [0.5, 0.6) is 0 Å². The maximum atomic E-state index is 11.0. The van der Waals surface area contributed by atoms with E-state index in [9.17, 15) is 4.79 Å². The number of terminal acetylenes is 1. The lowest BCUT2D eigenvalue weighted by atomic mass is 10.2. The number of alkyl carbamates (subject to hydrolysis) is 1. The highest BCUT2D eigenvalue weighted by Crippen LogP contribution is 2.06. The van der Waals surface area contributed by atoms with Crippen LogP contribution in [0.4, 0.5) is 10.5 Å². The third-order valence-corrected chi connectivity index (χ3v) is 1.68. The lowest BCUT2D eigenvalue weighted by molar-refractivity contribution is 0.141. The van der Waals surface area contributed by atoms with E-state index in [0.717, 1.165) is 5.56 Å². The summed E-state index contributed by atoms with van der Waals surface area (Å²) in [7, 11) is 0. The number of anilines is 1. The van der Waals surface area contributed by atoms with Gasteiger partial charge < -0.3 is 15.8 Å². The zero-order valence-corrected chi connectivity index (χ0v) is 8.19. The number of hydrogen-bond donors (Lipinski definition) is 2. The molecule has 0 radical (unpaired) electrons. The van der Waals surface area contributed by atoms with Crippen molar-refractivity contribution in [3.05, 3.63) is 29.8 Å². The first-order valence-electron chi connectivity index (χ1n) is 4.41. The molecule has 0 saturated carbocycles. The van der Waals surface area contributed by atoms with Crippen LogP contribution in [-0.4, -0.2) is 12.6 Å². The standard InChI is InChI=1S/C11H12N2O2/c1-2-7-13-11(14)15-8-9-3-5-10(12)6-4-9/h1,3-6H,7-8,12H2,(H,13,14). The van der Waals surface area contributed by atoms with Crippen molar-refractivity contribution in [1.29, 1.82) is 0 Å². The van der Waals surface area contributed by atoms with Crippen LogP contribution in [0.3, 0.4) is 0 Å². The highest BCUT2D eigenvalue weighted by Gasteiger charge is 2.00. The fourth-order valence-electron chi connectivity index (χ4n) is 0.937. The number of nitrogens with two attached hydrogens (primary N) is 1. The SMILES string of the molecule is C#CCNC(=O)OCc1ccc(N)cc1. The van der Waals surface area contributed by atoms with Crippen LogP contribution >= 0.6 is 0 Å². The number of carbonyl (C=O) groups is 1. The molecule has 0 aliphatic rings. The predicted octanol–water partition coefficient (Wildman–Crippen LogP) is 1.13. The molecule has 1 rings (SSSR count). The van der Waals surface area contributed by atoms with Gasteiger partial charge in [0, 0.05) is 5.69 Å². The summed E-state index contributed by atoms with van der Waals surface area (Å²) in [4.78, 5) is 11.0. The first kappa shape index (κ1) is 10.9. The number of benzene rings is 1. The molecule has 0 spiro atoms. The normalized spacial score (nSPS) is 9.00. The van der Waals surface area contributed by atoms with Gasteiger partial charge in [0.1, 0.15) is 6.61 Å². The number of hydrogen-bond acceptors (Lipinski definition) is 3. The van der Waals surface area contributed by atoms with E-state index in [1.165, 1.54) is 0 Å². The fourth-order valence-corrected chi connectivity index (χ4v) is 0.937. The van der Waals surface area contributed by atoms with Crippen LogP contribution in [-0.2, 0) is 11.3 Å². The summed E-state index contributed by atoms with van der Waals surface area (Å²) >= 11 is 0. The first-order chi connectivity index (χ1) is 7.22. The van der Waals surface area contributed by atoms with E-state index in [-0.39, 0.29) is 13.2 Å². The van der Waals surface area contributed by atoms with Gasteiger partial charge in [0.05, 0.1) is 6.54 Å². The zero-order chi connectivity index (χ0) is 11.1. The summed E-state index contributed by atoms with van der Waals surface area (Å²) in [5.41, 5.74) is 7.06. The van der Waals surface area contributed by atoms with E-state index in [1.54, 1.807) is 24.3 Å². The molecular formula is C11H12N2O2. The van der Waals surface area contributed by atoms with E-state index in [0.29, 0.717) is 5.69 Å². The minimum absolute atomic E-state index is 0.167. The second kappa shape index (κ2) is 5.55. The van der Waals surface area contributed by atoms with Crippen LogP contribution in [0.15, 0.2) is 24.3 Å². The molecule has 1 amide bonds. The van der Waals surface area contributed by atoms with Gasteiger partial charge in [-0.15, -0.1) is 6.42 Å². The molecule has 0 atom stereocenters. The Labute approximate surface area is 88.4 Å². The van der Waals surface area contributed by atoms with Gasteiger partial charge in [-0.1, -0.05) is 18.1 Å². The minimum Gasteiger partial charge on any atom is -0.445 e. The van der Waals surface area contributed by atoms with Crippen molar-refractivity contribution in [3.8, 4) is 12.3 Å². The van der Waals surface area contributed by atoms with Gasteiger partial charge in [0.25, 0.3) is 0 Å². The second-order valence-electron chi connectivity index (χ2n) is 2.88. The first-order valence-corrected chi connectivity index (χ1v) is 4.41. The molecule has 0 fully saturated rings. The van der Waals surface area contributed by atoms with E-state index >= 15 is 0 Å². The lowest BCUT2D eigenvalue weighted by Crippen LogP contribution is -2.24. The monoisotopic (exact) mass is 204 g/mol. The molecule has 78 valence electrons. The predicted molar refractivity (Wildman–Crippen MR) is 57.9 cm³/mol. The van der Waals surface area contributed by atoms with E-state index < -0.39 is 6.09 Å². The van der Waals surface area contributed by atoms with Crippen molar-refractivity contribution >= 4 is 11.8 Å². The molecule has 15 heavy (non-hydrogen) atoms. The molecule has 0 unspecified atom stereocenters. The molecule has 0 saturated heterocycles. The van der Waals surface area contributed by atoms with Gasteiger partial charge in [-0.05, 0) is 17.7 Å². The zero-order valence-electron chi connectivity index (χ0n) is 8.19. The largest absolute Gasteiger partial charge is 0.445 e. The molecule has 1 aromatic carbocycles. The quantitative estimate of drug-likeness (QED) is 0.573. The van der Waals surface area contributed by atoms with Crippen molar-refractivity contribution < 1.29 is 9.53 Å². The molecule has 4 heteroatoms. The lowest BCUT2D eigenvalue weighted by Gasteiger charge is -2.04. The number of amides is 1. The molecule has 0 aliphatic carbocycles. The Morgan fingerprint density at radius 1 is 1.47 bits per heavy atom. The Hall–Kier alpha value is -2.15. The van der Waals surface area contributed by atoms with Crippen LogP contribution in [0, 0.1) is 12.3 Å². The smallest absolute Gasteiger partial charge is 0.408 e. The molecule has 0 heterocycles. The summed E-state index contributed by atoms with van der Waals surface area (Å²) in [6.07, 6.45) is 4.44. The third kappa shape index (κ3) is 4.05. The topological polar surface area (TPSA) is 64.3 Å². The second-order valence-corrected chi connectivity index (χ2v) is 2.88. The van der Waals surface area contributed by atoms with Crippen molar-refractivity contribution in [2.45, 2.75) is 6.61 Å². The van der Waals surface area contributed by atoms with Crippen LogP contribution in [0.2, 0.25) is 0 Å². The van der Waals surface area contributed by atoms with Gasteiger partial charge in [-0.2, -0.15) is 0 Å². The fraction of sp³-hybridized carbons (Fsp3) is 0.182. The highest BCUT2D eigenvalue weighted by atomic mass is 16.5. The van der Waals surface area contributed by atoms with E-state index in [1.807, 2.05) is 0 Å². The van der Waals surface area contributed by atoms with Gasteiger partial charge in [0.15, 0.2) is 0 Å². The van der Waals surface area contributed by atoms with Gasteiger partial charge in [-0.3, -0.25) is 0 Å². The van der Waals surface area contributed by atoms with Crippen molar-refractivity contribution in [2.75, 3.05) is 12.3 Å². The number of nitrogens with one attached hydrogen (secondary N) is 1. The van der Waals surface area contributed by atoms with E-state index in [2.05, 4.69) is 11.2 Å². The minimum atomic E-state index is -0.523. The molecule has 0 aromatic heterocycles. The highest BCUT2D eigenvalue weighted by molar-refractivity contribution is 5.67. The molecular weight excluding hydrogens is 192 g/mol. The maximum Gasteiger partial charge on any atom is 0.408 e. The molecule has 0 bridgehead atoms. The summed E-state index contributed by atoms with van der Waals surface area (Å²) in [6.45, 7) is 0.372. The van der Waals surface area contributed by atoms with Gasteiger partial charge in [0.2, 0.25) is 0 Å².